The molecule has 0 amide bonds. The zero-order valence-corrected chi connectivity index (χ0v) is 19.1. The van der Waals surface area contributed by atoms with Crippen LogP contribution in [0.2, 0.25) is 25.7 Å². The van der Waals surface area contributed by atoms with Gasteiger partial charge in [-0.3, -0.25) is 4.79 Å². The van der Waals surface area contributed by atoms with Crippen LogP contribution >= 0.6 is 0 Å². The number of carbonyl (C=O) groups excluding carboxylic acids is 1. The summed E-state index contributed by atoms with van der Waals surface area (Å²) in [5, 5.41) is 3.51. The second-order valence-electron chi connectivity index (χ2n) is 7.77. The molecule has 0 fully saturated rings. The van der Waals surface area contributed by atoms with E-state index in [1.807, 2.05) is 0 Å². The molecule has 0 saturated carbocycles. The zero-order valence-electron chi connectivity index (χ0n) is 17.3. The molecule has 0 radical (unpaired) electrons. The van der Waals surface area contributed by atoms with Gasteiger partial charge in [0.1, 0.15) is 0 Å². The lowest BCUT2D eigenvalue weighted by Gasteiger charge is -2.34. The summed E-state index contributed by atoms with van der Waals surface area (Å²) in [6.07, 6.45) is 5.49. The van der Waals surface area contributed by atoms with Crippen molar-refractivity contribution in [2.75, 3.05) is 26.0 Å². The zero-order chi connectivity index (χ0) is 22.1. The Morgan fingerprint density at radius 3 is 2.45 bits per heavy atom. The average Bonchev–Trinajstić information content (AvgIpc) is 2.68. The third-order valence-electron chi connectivity index (χ3n) is 4.39. The van der Waals surface area contributed by atoms with Gasteiger partial charge in [0.05, 0.1) is 31.4 Å². The Kier molecular flexibility index (Phi) is 9.40. The largest absolute Gasteiger partial charge is 0.469 e. The van der Waals surface area contributed by atoms with E-state index in [2.05, 4.69) is 35.6 Å². The number of esters is 1. The smallest absolute Gasteiger partial charge is 0.310 e. The third kappa shape index (κ3) is 7.55. The fourth-order valence-corrected chi connectivity index (χ4v) is 7.44. The minimum absolute atomic E-state index is 0.0663. The van der Waals surface area contributed by atoms with E-state index in [1.54, 1.807) is 30.3 Å². The third-order valence-corrected chi connectivity index (χ3v) is 8.30. The van der Waals surface area contributed by atoms with Gasteiger partial charge in [0.25, 0.3) is 0 Å². The molecule has 0 aliphatic rings. The standard InChI is InChI=1S/C19H28N4O4SSi/c1-6-12-23(28(25,26)13-14-29(3,4)5)18(16-10-8-7-9-11-16)17(15-21-22-20)19(24)27-2/h1,7-11,17-18H,12-15H2,2-5H3/t17-,18-/m0/s1. The highest BCUT2D eigenvalue weighted by Gasteiger charge is 2.40. The van der Waals surface area contributed by atoms with E-state index in [9.17, 15) is 13.2 Å². The minimum Gasteiger partial charge on any atom is -0.469 e. The topological polar surface area (TPSA) is 112 Å². The Labute approximate surface area is 173 Å². The summed E-state index contributed by atoms with van der Waals surface area (Å²) in [4.78, 5) is 15.2. The normalized spacial score (nSPS) is 13.8. The molecular weight excluding hydrogens is 408 g/mol. The molecule has 0 unspecified atom stereocenters. The molecule has 0 saturated heterocycles. The van der Waals surface area contributed by atoms with Crippen molar-refractivity contribution in [2.24, 2.45) is 11.0 Å². The lowest BCUT2D eigenvalue weighted by atomic mass is 9.92. The van der Waals surface area contributed by atoms with Crippen LogP contribution in [-0.4, -0.2) is 52.7 Å². The number of ether oxygens (including phenoxy) is 1. The van der Waals surface area contributed by atoms with Crippen molar-refractivity contribution in [1.82, 2.24) is 4.31 Å². The van der Waals surface area contributed by atoms with Gasteiger partial charge in [-0.15, -0.1) is 6.42 Å². The summed E-state index contributed by atoms with van der Waals surface area (Å²) < 4.78 is 32.6. The summed E-state index contributed by atoms with van der Waals surface area (Å²) in [7, 11) is -4.23. The number of hydrogen-bond acceptors (Lipinski definition) is 5. The molecule has 1 rings (SSSR count). The highest BCUT2D eigenvalue weighted by atomic mass is 32.2. The number of carbonyl (C=O) groups is 1. The quantitative estimate of drug-likeness (QED) is 0.132. The van der Waals surface area contributed by atoms with E-state index in [0.717, 1.165) is 4.31 Å². The molecule has 0 N–H and O–H groups in total. The van der Waals surface area contributed by atoms with E-state index in [-0.39, 0.29) is 18.8 Å². The molecule has 29 heavy (non-hydrogen) atoms. The summed E-state index contributed by atoms with van der Waals surface area (Å²) in [5.74, 6) is 0.619. The molecule has 0 heterocycles. The Hall–Kier alpha value is -2.31. The van der Waals surface area contributed by atoms with Crippen LogP contribution in [-0.2, 0) is 19.6 Å². The summed E-state index contributed by atoms with van der Waals surface area (Å²) >= 11 is 0. The van der Waals surface area contributed by atoms with Crippen LogP contribution in [0.5, 0.6) is 0 Å². The number of nitrogens with zero attached hydrogens (tertiary/aromatic N) is 4. The summed E-state index contributed by atoms with van der Waals surface area (Å²) in [6, 6.07) is 8.31. The van der Waals surface area contributed by atoms with Crippen molar-refractivity contribution in [3.63, 3.8) is 0 Å². The Morgan fingerprint density at radius 1 is 1.34 bits per heavy atom. The number of sulfonamides is 1. The number of methoxy groups -OCH3 is 1. The van der Waals surface area contributed by atoms with Gasteiger partial charge < -0.3 is 4.74 Å². The first-order chi connectivity index (χ1) is 13.6. The number of benzene rings is 1. The number of terminal acetylenes is 1. The Bertz CT molecular complexity index is 872. The monoisotopic (exact) mass is 436 g/mol. The molecule has 8 nitrogen and oxygen atoms in total. The molecule has 1 aromatic rings. The molecule has 0 aromatic heterocycles. The Balaban J connectivity index is 3.55. The van der Waals surface area contributed by atoms with Crippen molar-refractivity contribution >= 4 is 24.1 Å². The lowest BCUT2D eigenvalue weighted by Crippen LogP contribution is -2.44. The van der Waals surface area contributed by atoms with Crippen LogP contribution in [0.1, 0.15) is 11.6 Å². The number of hydrogen-bond donors (Lipinski definition) is 0. The van der Waals surface area contributed by atoms with Gasteiger partial charge in [0.2, 0.25) is 10.0 Å². The molecule has 0 aliphatic heterocycles. The maximum absolute atomic E-state index is 13.3. The second kappa shape index (κ2) is 11.0. The van der Waals surface area contributed by atoms with Crippen LogP contribution in [0, 0.1) is 18.3 Å². The predicted octanol–water partition coefficient (Wildman–Crippen LogP) is 3.43. The van der Waals surface area contributed by atoms with E-state index < -0.39 is 36.0 Å². The maximum atomic E-state index is 13.3. The van der Waals surface area contributed by atoms with Gasteiger partial charge in [-0.2, -0.15) is 4.31 Å². The molecule has 158 valence electrons. The highest BCUT2D eigenvalue weighted by molar-refractivity contribution is 7.89. The number of rotatable bonds is 11. The van der Waals surface area contributed by atoms with E-state index in [0.29, 0.717) is 11.6 Å². The van der Waals surface area contributed by atoms with Crippen LogP contribution in [0.25, 0.3) is 10.4 Å². The van der Waals surface area contributed by atoms with Crippen molar-refractivity contribution in [1.29, 1.82) is 0 Å². The first kappa shape index (κ1) is 24.7. The predicted molar refractivity (Wildman–Crippen MR) is 116 cm³/mol. The van der Waals surface area contributed by atoms with Crippen LogP contribution < -0.4 is 0 Å². The Morgan fingerprint density at radius 2 is 1.97 bits per heavy atom. The van der Waals surface area contributed by atoms with Gasteiger partial charge >= 0.3 is 5.97 Å². The van der Waals surface area contributed by atoms with Gasteiger partial charge in [-0.25, -0.2) is 8.42 Å². The van der Waals surface area contributed by atoms with E-state index in [1.165, 1.54) is 7.11 Å². The van der Waals surface area contributed by atoms with Crippen LogP contribution in [0.4, 0.5) is 0 Å². The molecule has 0 aliphatic carbocycles. The fraction of sp³-hybridized carbons (Fsp3) is 0.526. The van der Waals surface area contributed by atoms with Gasteiger partial charge in [0, 0.05) is 19.5 Å². The average molecular weight is 437 g/mol. The number of azide groups is 1. The van der Waals surface area contributed by atoms with Crippen LogP contribution in [0.15, 0.2) is 35.4 Å². The molecule has 0 bridgehead atoms. The van der Waals surface area contributed by atoms with Crippen molar-refractivity contribution < 1.29 is 17.9 Å². The summed E-state index contributed by atoms with van der Waals surface area (Å²) in [6.45, 7) is 5.79. The van der Waals surface area contributed by atoms with Crippen molar-refractivity contribution in [3.05, 3.63) is 46.3 Å². The summed E-state index contributed by atoms with van der Waals surface area (Å²) in [5.41, 5.74) is 9.32. The minimum atomic E-state index is -3.79. The maximum Gasteiger partial charge on any atom is 0.310 e. The lowest BCUT2D eigenvalue weighted by molar-refractivity contribution is -0.146. The molecule has 2 atom stereocenters. The van der Waals surface area contributed by atoms with Crippen molar-refractivity contribution in [3.8, 4) is 12.3 Å². The second-order valence-corrected chi connectivity index (χ2v) is 15.4. The van der Waals surface area contributed by atoms with Gasteiger partial charge in [0.15, 0.2) is 0 Å². The first-order valence-corrected chi connectivity index (χ1v) is 14.5. The van der Waals surface area contributed by atoms with E-state index >= 15 is 0 Å². The van der Waals surface area contributed by atoms with Crippen LogP contribution in [0.3, 0.4) is 0 Å². The molecular formula is C19H28N4O4SSi. The SMILES string of the molecule is C#CCN([C@@H](c1ccccc1)[C@H](CN=[N+]=[N-])C(=O)OC)S(=O)(=O)CC[Si](C)(C)C. The molecule has 10 heteroatoms. The van der Waals surface area contributed by atoms with Gasteiger partial charge in [-0.1, -0.05) is 61.0 Å². The van der Waals surface area contributed by atoms with E-state index in [4.69, 9.17) is 16.7 Å². The van der Waals surface area contributed by atoms with Crippen molar-refractivity contribution in [2.45, 2.75) is 31.7 Å². The van der Waals surface area contributed by atoms with Gasteiger partial charge in [-0.05, 0) is 17.1 Å². The molecule has 0 spiro atoms. The first-order valence-electron chi connectivity index (χ1n) is 9.14. The fourth-order valence-electron chi connectivity index (χ4n) is 2.84. The molecule has 1 aromatic carbocycles. The highest BCUT2D eigenvalue weighted by Crippen LogP contribution is 2.33.